The predicted molar refractivity (Wildman–Crippen MR) is 64.4 cm³/mol. The van der Waals surface area contributed by atoms with Crippen molar-refractivity contribution in [3.05, 3.63) is 11.8 Å². The van der Waals surface area contributed by atoms with Gasteiger partial charge in [0.05, 0.1) is 5.49 Å². The molecule has 0 bridgehead atoms. The third kappa shape index (κ3) is 2.80. The number of hydrogen-bond acceptors (Lipinski definition) is 2. The van der Waals surface area contributed by atoms with Crippen LogP contribution >= 0.6 is 12.2 Å². The lowest BCUT2D eigenvalue weighted by molar-refractivity contribution is 0.328. The van der Waals surface area contributed by atoms with Crippen LogP contribution in [0.15, 0.2) is 16.8 Å². The Morgan fingerprint density at radius 1 is 1.64 bits per heavy atom. The molecule has 3 N–H and O–H groups in total. The minimum atomic E-state index is 0.167. The monoisotopic (exact) mass is 211 g/mol. The zero-order chi connectivity index (χ0) is 10.6. The lowest BCUT2D eigenvalue weighted by Gasteiger charge is -2.33. The second-order valence-corrected chi connectivity index (χ2v) is 4.34. The van der Waals surface area contributed by atoms with Gasteiger partial charge < -0.3 is 11.1 Å². The lowest BCUT2D eigenvalue weighted by Crippen LogP contribution is -2.34. The van der Waals surface area contributed by atoms with E-state index in [0.717, 1.165) is 12.2 Å². The van der Waals surface area contributed by atoms with E-state index in [-0.39, 0.29) is 5.41 Å². The maximum Gasteiger partial charge on any atom is 0.126 e. The molecule has 1 saturated heterocycles. The van der Waals surface area contributed by atoms with Gasteiger partial charge >= 0.3 is 0 Å². The first-order valence-corrected chi connectivity index (χ1v) is 5.26. The third-order valence-corrected chi connectivity index (χ3v) is 2.62. The van der Waals surface area contributed by atoms with E-state index in [1.165, 1.54) is 18.3 Å². The van der Waals surface area contributed by atoms with Crippen LogP contribution in [0, 0.1) is 5.41 Å². The van der Waals surface area contributed by atoms with Gasteiger partial charge in [0.15, 0.2) is 0 Å². The standard InChI is InChI=1S/C10H17N3S/c1-10(2)4-3-5-12-8(10)6-9(11)13-7-14/h6-7,12H,3-5H2,1-2H3,(H2,11,13,14)/b8-6-. The molecule has 1 rings (SSSR count). The molecule has 1 fully saturated rings. The summed E-state index contributed by atoms with van der Waals surface area (Å²) in [4.78, 5) is 3.85. The minimum Gasteiger partial charge on any atom is -0.388 e. The van der Waals surface area contributed by atoms with Gasteiger partial charge in [-0.3, -0.25) is 0 Å². The summed E-state index contributed by atoms with van der Waals surface area (Å²) < 4.78 is 0. The maximum absolute atomic E-state index is 5.67. The van der Waals surface area contributed by atoms with Gasteiger partial charge in [-0.25, -0.2) is 4.99 Å². The van der Waals surface area contributed by atoms with E-state index in [0.29, 0.717) is 5.84 Å². The van der Waals surface area contributed by atoms with Gasteiger partial charge in [0, 0.05) is 17.7 Å². The van der Waals surface area contributed by atoms with E-state index in [2.05, 4.69) is 36.4 Å². The van der Waals surface area contributed by atoms with Crippen LogP contribution in [0.25, 0.3) is 0 Å². The summed E-state index contributed by atoms with van der Waals surface area (Å²) >= 11 is 4.61. The Morgan fingerprint density at radius 3 is 2.93 bits per heavy atom. The fourth-order valence-electron chi connectivity index (χ4n) is 1.62. The number of piperidine rings is 1. The quantitative estimate of drug-likeness (QED) is 0.414. The van der Waals surface area contributed by atoms with Gasteiger partial charge in [0.25, 0.3) is 0 Å². The Morgan fingerprint density at radius 2 is 2.36 bits per heavy atom. The average Bonchev–Trinajstić information content (AvgIpc) is 2.09. The van der Waals surface area contributed by atoms with Crippen molar-refractivity contribution >= 4 is 23.5 Å². The van der Waals surface area contributed by atoms with Crippen LogP contribution < -0.4 is 11.1 Å². The Bertz CT molecular complexity index is 279. The molecule has 0 saturated carbocycles. The summed E-state index contributed by atoms with van der Waals surface area (Å²) in [5.74, 6) is 0.470. The van der Waals surface area contributed by atoms with Crippen molar-refractivity contribution in [2.75, 3.05) is 6.54 Å². The van der Waals surface area contributed by atoms with Crippen molar-refractivity contribution in [1.29, 1.82) is 0 Å². The molecule has 1 heterocycles. The van der Waals surface area contributed by atoms with Gasteiger partial charge in [-0.2, -0.15) is 0 Å². The smallest absolute Gasteiger partial charge is 0.126 e. The fraction of sp³-hybridized carbons (Fsp3) is 0.600. The van der Waals surface area contributed by atoms with Crippen LogP contribution in [0.5, 0.6) is 0 Å². The summed E-state index contributed by atoms with van der Waals surface area (Å²) in [6, 6.07) is 0. The van der Waals surface area contributed by atoms with Gasteiger partial charge in [-0.15, -0.1) is 0 Å². The van der Waals surface area contributed by atoms with Crippen molar-refractivity contribution in [1.82, 2.24) is 5.32 Å². The molecule has 14 heavy (non-hydrogen) atoms. The van der Waals surface area contributed by atoms with Gasteiger partial charge in [0.2, 0.25) is 0 Å². The molecular weight excluding hydrogens is 194 g/mol. The number of nitrogens with one attached hydrogen (secondary N) is 1. The molecule has 4 heteroatoms. The zero-order valence-electron chi connectivity index (χ0n) is 8.71. The molecule has 0 amide bonds. The van der Waals surface area contributed by atoms with Gasteiger partial charge in [-0.05, 0) is 18.9 Å². The number of nitrogens with zero attached hydrogens (tertiary/aromatic N) is 1. The summed E-state index contributed by atoms with van der Waals surface area (Å²) in [6.45, 7) is 5.42. The Kier molecular flexibility index (Phi) is 3.63. The highest BCUT2D eigenvalue weighted by Crippen LogP contribution is 2.32. The SMILES string of the molecule is CC1(C)CCCN/C1=C\C(N)=NC=S. The van der Waals surface area contributed by atoms with Crippen molar-refractivity contribution in [2.24, 2.45) is 16.1 Å². The Labute approximate surface area is 90.5 Å². The number of nitrogens with two attached hydrogens (primary N) is 1. The van der Waals surface area contributed by atoms with Gasteiger partial charge in [-0.1, -0.05) is 26.1 Å². The van der Waals surface area contributed by atoms with Crippen LogP contribution in [0.4, 0.5) is 0 Å². The van der Waals surface area contributed by atoms with Crippen LogP contribution in [-0.2, 0) is 0 Å². The largest absolute Gasteiger partial charge is 0.388 e. The van der Waals surface area contributed by atoms with Crippen LogP contribution in [-0.4, -0.2) is 17.9 Å². The molecule has 1 aliphatic rings. The number of amidine groups is 1. The molecule has 0 unspecified atom stereocenters. The average molecular weight is 211 g/mol. The minimum absolute atomic E-state index is 0.167. The molecule has 0 aromatic heterocycles. The summed E-state index contributed by atoms with van der Waals surface area (Å²) in [6.07, 6.45) is 4.26. The van der Waals surface area contributed by atoms with E-state index in [1.54, 1.807) is 0 Å². The fourth-order valence-corrected chi connectivity index (χ4v) is 1.74. The van der Waals surface area contributed by atoms with E-state index in [4.69, 9.17) is 5.73 Å². The maximum atomic E-state index is 5.67. The van der Waals surface area contributed by atoms with Crippen LogP contribution in [0.2, 0.25) is 0 Å². The first-order chi connectivity index (χ1) is 6.56. The topological polar surface area (TPSA) is 50.4 Å². The van der Waals surface area contributed by atoms with Crippen LogP contribution in [0.1, 0.15) is 26.7 Å². The van der Waals surface area contributed by atoms with Gasteiger partial charge in [0.1, 0.15) is 5.84 Å². The number of rotatable bonds is 2. The molecular formula is C10H17N3S. The number of allylic oxidation sites excluding steroid dienone is 1. The number of thiocarbonyl (C=S) groups is 1. The van der Waals surface area contributed by atoms with Crippen molar-refractivity contribution in [2.45, 2.75) is 26.7 Å². The Balaban J connectivity index is 2.83. The van der Waals surface area contributed by atoms with E-state index < -0.39 is 0 Å². The summed E-state index contributed by atoms with van der Waals surface area (Å²) in [7, 11) is 0. The first kappa shape index (κ1) is 11.2. The van der Waals surface area contributed by atoms with Crippen molar-refractivity contribution < 1.29 is 0 Å². The third-order valence-electron chi connectivity index (χ3n) is 2.52. The summed E-state index contributed by atoms with van der Waals surface area (Å²) in [5.41, 5.74) is 8.29. The highest BCUT2D eigenvalue weighted by atomic mass is 32.1. The zero-order valence-corrected chi connectivity index (χ0v) is 9.53. The van der Waals surface area contributed by atoms with E-state index in [9.17, 15) is 0 Å². The highest BCUT2D eigenvalue weighted by Gasteiger charge is 2.26. The first-order valence-electron chi connectivity index (χ1n) is 4.79. The molecule has 0 aromatic carbocycles. The Hall–Kier alpha value is -0.900. The molecule has 0 aliphatic carbocycles. The number of hydrogen-bond donors (Lipinski definition) is 2. The van der Waals surface area contributed by atoms with E-state index >= 15 is 0 Å². The molecule has 0 radical (unpaired) electrons. The second kappa shape index (κ2) is 4.55. The van der Waals surface area contributed by atoms with E-state index in [1.807, 2.05) is 6.08 Å². The number of aliphatic imine (C=N–C) groups is 1. The molecule has 3 nitrogen and oxygen atoms in total. The molecule has 0 spiro atoms. The molecule has 0 atom stereocenters. The second-order valence-electron chi connectivity index (χ2n) is 4.13. The molecule has 1 aliphatic heterocycles. The highest BCUT2D eigenvalue weighted by molar-refractivity contribution is 7.78. The van der Waals surface area contributed by atoms with Crippen molar-refractivity contribution in [3.63, 3.8) is 0 Å². The lowest BCUT2D eigenvalue weighted by atomic mass is 9.81. The van der Waals surface area contributed by atoms with Crippen molar-refractivity contribution in [3.8, 4) is 0 Å². The normalized spacial score (nSPS) is 24.4. The van der Waals surface area contributed by atoms with Crippen LogP contribution in [0.3, 0.4) is 0 Å². The summed E-state index contributed by atoms with van der Waals surface area (Å²) in [5, 5.41) is 3.35. The molecule has 78 valence electrons. The molecule has 0 aromatic rings. The predicted octanol–water partition coefficient (Wildman–Crippen LogP) is 1.59.